The molecule has 0 unspecified atom stereocenters. The number of hydrogen-bond acceptors (Lipinski definition) is 4. The van der Waals surface area contributed by atoms with Crippen molar-refractivity contribution in [2.45, 2.75) is 0 Å². The maximum Gasteiger partial charge on any atom is 4.00 e. The monoisotopic (exact) mass is 604 g/mol. The summed E-state index contributed by atoms with van der Waals surface area (Å²) in [6.45, 7) is 0. The molecule has 0 aliphatic rings. The Hall–Kier alpha value is -2.60. The summed E-state index contributed by atoms with van der Waals surface area (Å²) >= 11 is 0. The van der Waals surface area contributed by atoms with Crippen molar-refractivity contribution in [3.8, 4) is 23.0 Å². The number of benzene rings is 4. The molecule has 29 heavy (non-hydrogen) atoms. The molecule has 0 heterocycles. The van der Waals surface area contributed by atoms with Gasteiger partial charge in [0.05, 0.1) is 0 Å². The molecule has 0 saturated heterocycles. The van der Waals surface area contributed by atoms with Crippen LogP contribution in [-0.4, -0.2) is 0 Å². The fraction of sp³-hybridized carbons (Fsp3) is 0. The van der Waals surface area contributed by atoms with Gasteiger partial charge in [-0.3, -0.25) is 0 Å². The molecule has 4 aromatic rings. The fourth-order valence-electron chi connectivity index (χ4n) is 1.68. The summed E-state index contributed by atoms with van der Waals surface area (Å²) in [5.74, 6) is 0.287. The van der Waals surface area contributed by atoms with E-state index in [1.807, 2.05) is 24.3 Å². The summed E-state index contributed by atoms with van der Waals surface area (Å²) in [6.07, 6.45) is 0. The molecule has 4 aromatic carbocycles. The van der Waals surface area contributed by atoms with Crippen LogP contribution >= 0.6 is 0 Å². The molecule has 4 nitrogen and oxygen atoms in total. The molecular weight excluding hydrogens is 584 g/mol. The van der Waals surface area contributed by atoms with Gasteiger partial charge in [0.2, 0.25) is 0 Å². The van der Waals surface area contributed by atoms with Crippen molar-refractivity contribution in [1.82, 2.24) is 0 Å². The molecule has 0 fully saturated rings. The Kier molecular flexibility index (Phi) is 15.9. The maximum absolute atomic E-state index is 10.3. The van der Waals surface area contributed by atoms with Crippen molar-refractivity contribution in [2.75, 3.05) is 0 Å². The SMILES string of the molecule is [O-]c1ccccc1.[O-]c1ccccc1.[O-]c1ccccc1.[O-]c1ccccc1.[Th+4]. The van der Waals surface area contributed by atoms with Gasteiger partial charge in [0.25, 0.3) is 0 Å². The van der Waals surface area contributed by atoms with E-state index in [0.717, 1.165) is 0 Å². The third-order valence-electron chi connectivity index (χ3n) is 2.97. The molecule has 4 rings (SSSR count). The third-order valence-corrected chi connectivity index (χ3v) is 2.97. The van der Waals surface area contributed by atoms with Crippen molar-refractivity contribution < 1.29 is 60.4 Å². The molecule has 0 amide bonds. The topological polar surface area (TPSA) is 92.2 Å². The molecule has 0 saturated carbocycles. The van der Waals surface area contributed by atoms with E-state index in [1.54, 1.807) is 48.5 Å². The van der Waals surface area contributed by atoms with Gasteiger partial charge in [0, 0.05) is 0 Å². The Balaban J connectivity index is 0.000000356. The second-order valence-corrected chi connectivity index (χ2v) is 5.25. The standard InChI is InChI=1S/4C6H6O.Th/c4*7-6-4-2-1-3-5-6;/h4*1-5,7H;/q;;;;+4/p-4. The first-order valence-electron chi connectivity index (χ1n) is 8.46. The van der Waals surface area contributed by atoms with E-state index in [9.17, 15) is 20.4 Å². The smallest absolute Gasteiger partial charge is 0.872 e. The van der Waals surface area contributed by atoms with Gasteiger partial charge < -0.3 is 20.4 Å². The second kappa shape index (κ2) is 17.5. The van der Waals surface area contributed by atoms with E-state index in [2.05, 4.69) is 0 Å². The van der Waals surface area contributed by atoms with Crippen LogP contribution in [0.4, 0.5) is 0 Å². The molecule has 5 heteroatoms. The van der Waals surface area contributed by atoms with Crippen molar-refractivity contribution in [3.63, 3.8) is 0 Å². The molecule has 0 aromatic heterocycles. The van der Waals surface area contributed by atoms with Gasteiger partial charge in [-0.05, 0) is 0 Å². The molecule has 0 aliphatic heterocycles. The summed E-state index contributed by atoms with van der Waals surface area (Å²) in [6, 6.07) is 33.3. The van der Waals surface area contributed by atoms with Crippen LogP contribution in [0.2, 0.25) is 0 Å². The zero-order valence-corrected chi connectivity index (χ0v) is 19.8. The van der Waals surface area contributed by atoms with Gasteiger partial charge in [-0.1, -0.05) is 121 Å². The Morgan fingerprint density at radius 2 is 0.414 bits per heavy atom. The van der Waals surface area contributed by atoms with Crippen LogP contribution in [0.25, 0.3) is 0 Å². The second-order valence-electron chi connectivity index (χ2n) is 5.25. The first-order valence-corrected chi connectivity index (χ1v) is 8.46. The van der Waals surface area contributed by atoms with Crippen molar-refractivity contribution in [3.05, 3.63) is 121 Å². The summed E-state index contributed by atoms with van der Waals surface area (Å²) in [4.78, 5) is 0. The average molecular weight is 604 g/mol. The van der Waals surface area contributed by atoms with Crippen molar-refractivity contribution in [1.29, 1.82) is 0 Å². The Bertz CT molecular complexity index is 693. The van der Waals surface area contributed by atoms with Crippen LogP contribution in [0, 0.1) is 39.9 Å². The molecular formula is C24H20O4Th. The number of hydrogen-bond donors (Lipinski definition) is 0. The summed E-state index contributed by atoms with van der Waals surface area (Å²) < 4.78 is 0. The van der Waals surface area contributed by atoms with Gasteiger partial charge >= 0.3 is 39.9 Å². The van der Waals surface area contributed by atoms with Crippen LogP contribution in [0.15, 0.2) is 121 Å². The molecule has 0 atom stereocenters. The van der Waals surface area contributed by atoms with E-state index in [-0.39, 0.29) is 62.9 Å². The normalized spacial score (nSPS) is 8.28. The molecule has 0 spiro atoms. The van der Waals surface area contributed by atoms with Gasteiger partial charge in [-0.2, -0.15) is 0 Å². The third kappa shape index (κ3) is 16.1. The quantitative estimate of drug-likeness (QED) is 0.309. The molecule has 0 radical (unpaired) electrons. The minimum Gasteiger partial charge on any atom is -0.872 e. The van der Waals surface area contributed by atoms with E-state index in [0.29, 0.717) is 0 Å². The van der Waals surface area contributed by atoms with Gasteiger partial charge in [-0.15, -0.1) is 23.0 Å². The Morgan fingerprint density at radius 3 is 0.483 bits per heavy atom. The van der Waals surface area contributed by atoms with Crippen molar-refractivity contribution >= 4 is 0 Å². The van der Waals surface area contributed by atoms with Crippen LogP contribution in [-0.2, 0) is 0 Å². The first kappa shape index (κ1) is 26.4. The number of para-hydroxylation sites is 4. The fourth-order valence-corrected chi connectivity index (χ4v) is 1.68. The predicted molar refractivity (Wildman–Crippen MR) is 104 cm³/mol. The summed E-state index contributed by atoms with van der Waals surface area (Å²) in [5, 5.41) is 41.1. The molecule has 144 valence electrons. The van der Waals surface area contributed by atoms with Crippen LogP contribution in [0.5, 0.6) is 23.0 Å². The van der Waals surface area contributed by atoms with E-state index in [1.165, 1.54) is 48.5 Å². The summed E-state index contributed by atoms with van der Waals surface area (Å²) in [7, 11) is 0. The zero-order chi connectivity index (χ0) is 20.5. The molecule has 0 bridgehead atoms. The maximum atomic E-state index is 10.3. The largest absolute Gasteiger partial charge is 4.00 e. The van der Waals surface area contributed by atoms with E-state index >= 15 is 0 Å². The molecule has 0 N–H and O–H groups in total. The average Bonchev–Trinajstić information content (AvgIpc) is 2.72. The van der Waals surface area contributed by atoms with Crippen molar-refractivity contribution in [2.24, 2.45) is 0 Å². The Labute approximate surface area is 203 Å². The van der Waals surface area contributed by atoms with Crippen LogP contribution < -0.4 is 20.4 Å². The van der Waals surface area contributed by atoms with E-state index < -0.39 is 0 Å². The van der Waals surface area contributed by atoms with Gasteiger partial charge in [0.1, 0.15) is 0 Å². The van der Waals surface area contributed by atoms with Gasteiger partial charge in [0.15, 0.2) is 0 Å². The molecule has 0 aliphatic carbocycles. The first-order chi connectivity index (χ1) is 13.6. The van der Waals surface area contributed by atoms with Gasteiger partial charge in [-0.25, -0.2) is 0 Å². The Morgan fingerprint density at radius 1 is 0.276 bits per heavy atom. The summed E-state index contributed by atoms with van der Waals surface area (Å²) in [5.41, 5.74) is 0. The van der Waals surface area contributed by atoms with Crippen LogP contribution in [0.3, 0.4) is 0 Å². The predicted octanol–water partition coefficient (Wildman–Crippen LogP) is 3.04. The zero-order valence-electron chi connectivity index (χ0n) is 15.7. The minimum absolute atomic E-state index is 0. The number of rotatable bonds is 0. The van der Waals surface area contributed by atoms with Crippen LogP contribution in [0.1, 0.15) is 0 Å². The van der Waals surface area contributed by atoms with E-state index in [4.69, 9.17) is 0 Å². The minimum atomic E-state index is 0.